The van der Waals surface area contributed by atoms with Crippen LogP contribution in [0.5, 0.6) is 11.8 Å². The highest BCUT2D eigenvalue weighted by atomic mass is 79.9. The van der Waals surface area contributed by atoms with E-state index in [0.29, 0.717) is 21.5 Å². The number of halogens is 2. The van der Waals surface area contributed by atoms with E-state index in [-0.39, 0.29) is 0 Å². The van der Waals surface area contributed by atoms with Gasteiger partial charge in [0.1, 0.15) is 5.75 Å². The molecule has 0 saturated heterocycles. The Balaban J connectivity index is 2.26. The molecule has 0 aliphatic rings. The Morgan fingerprint density at radius 2 is 2.18 bits per heavy atom. The van der Waals surface area contributed by atoms with Crippen molar-refractivity contribution in [1.82, 2.24) is 14.8 Å². The molecule has 1 aromatic carbocycles. The molecule has 0 spiro atoms. The third kappa shape index (κ3) is 2.98. The average molecular weight is 317 g/mol. The molecule has 0 atom stereocenters. The predicted octanol–water partition coefficient (Wildman–Crippen LogP) is 3.90. The second kappa shape index (κ2) is 5.51. The Kier molecular flexibility index (Phi) is 4.02. The molecule has 0 aliphatic heterocycles. The van der Waals surface area contributed by atoms with Crippen LogP contribution in [0.3, 0.4) is 0 Å². The second-order valence-corrected chi connectivity index (χ2v) is 4.54. The zero-order valence-corrected chi connectivity index (χ0v) is 11.6. The highest BCUT2D eigenvalue weighted by Gasteiger charge is 2.11. The molecule has 0 aliphatic carbocycles. The molecule has 1 heterocycles. The first-order chi connectivity index (χ1) is 8.20. The maximum absolute atomic E-state index is 6.02. The predicted molar refractivity (Wildman–Crippen MR) is 69.5 cm³/mol. The number of hydrogen-bond acceptors (Lipinski definition) is 3. The maximum atomic E-state index is 6.02. The smallest absolute Gasteiger partial charge is 0.321 e. The van der Waals surface area contributed by atoms with E-state index in [1.165, 1.54) is 0 Å². The lowest BCUT2D eigenvalue weighted by atomic mass is 10.3. The third-order valence-electron chi connectivity index (χ3n) is 2.09. The largest absolute Gasteiger partial charge is 0.423 e. The summed E-state index contributed by atoms with van der Waals surface area (Å²) in [4.78, 5) is 4.15. The average Bonchev–Trinajstić information content (AvgIpc) is 2.63. The van der Waals surface area contributed by atoms with Crippen molar-refractivity contribution >= 4 is 27.5 Å². The topological polar surface area (TPSA) is 39.9 Å². The fraction of sp³-hybridized carbons (Fsp3) is 0.273. The highest BCUT2D eigenvalue weighted by molar-refractivity contribution is 9.10. The Bertz CT molecular complexity index is 515. The van der Waals surface area contributed by atoms with Crippen LogP contribution in [0.2, 0.25) is 5.02 Å². The molecule has 2 rings (SSSR count). The van der Waals surface area contributed by atoms with Gasteiger partial charge >= 0.3 is 6.01 Å². The fourth-order valence-corrected chi connectivity index (χ4v) is 1.88. The number of benzene rings is 1. The molecule has 1 aromatic heterocycles. The summed E-state index contributed by atoms with van der Waals surface area (Å²) in [6.07, 6.45) is 0.953. The van der Waals surface area contributed by atoms with Crippen molar-refractivity contribution < 1.29 is 4.74 Å². The van der Waals surface area contributed by atoms with Crippen LogP contribution < -0.4 is 4.74 Å². The summed E-state index contributed by atoms with van der Waals surface area (Å²) in [5.41, 5.74) is 0. The van der Waals surface area contributed by atoms with Crippen molar-refractivity contribution in [2.24, 2.45) is 0 Å². The lowest BCUT2D eigenvalue weighted by Crippen LogP contribution is -2.02. The summed E-state index contributed by atoms with van der Waals surface area (Å²) in [6.45, 7) is 2.81. The van der Waals surface area contributed by atoms with Crippen LogP contribution in [0.4, 0.5) is 0 Å². The number of aryl methyl sites for hydroxylation is 1. The van der Waals surface area contributed by atoms with E-state index in [9.17, 15) is 0 Å². The van der Waals surface area contributed by atoms with Crippen LogP contribution in [0.25, 0.3) is 0 Å². The highest BCUT2D eigenvalue weighted by Crippen LogP contribution is 2.28. The summed E-state index contributed by atoms with van der Waals surface area (Å²) in [6, 6.07) is 7.71. The van der Waals surface area contributed by atoms with E-state index in [4.69, 9.17) is 16.3 Å². The van der Waals surface area contributed by atoms with Gasteiger partial charge in [0.05, 0.1) is 5.02 Å². The molecule has 6 heteroatoms. The minimum Gasteiger partial charge on any atom is -0.423 e. The normalized spacial score (nSPS) is 10.5. The van der Waals surface area contributed by atoms with Gasteiger partial charge in [-0.2, -0.15) is 4.98 Å². The van der Waals surface area contributed by atoms with Gasteiger partial charge in [-0.3, -0.25) is 0 Å². The first-order valence-corrected chi connectivity index (χ1v) is 6.40. The summed E-state index contributed by atoms with van der Waals surface area (Å²) < 4.78 is 7.85. The Hall–Kier alpha value is -1.07. The van der Waals surface area contributed by atoms with Gasteiger partial charge < -0.3 is 4.74 Å². The standard InChI is InChI=1S/C11H11BrClN3O/c1-2-7-16-11(14-10(12)15-16)17-9-6-4-3-5-8(9)13/h3-6H,2,7H2,1H3. The zero-order chi connectivity index (χ0) is 12.3. The van der Waals surface area contributed by atoms with Gasteiger partial charge in [0.2, 0.25) is 4.73 Å². The minimum absolute atomic E-state index is 0.437. The van der Waals surface area contributed by atoms with Gasteiger partial charge in [-0.1, -0.05) is 30.7 Å². The Morgan fingerprint density at radius 3 is 2.88 bits per heavy atom. The maximum Gasteiger partial charge on any atom is 0.321 e. The monoisotopic (exact) mass is 315 g/mol. The van der Waals surface area contributed by atoms with Crippen LogP contribution in [-0.4, -0.2) is 14.8 Å². The first-order valence-electron chi connectivity index (χ1n) is 5.23. The van der Waals surface area contributed by atoms with Crippen LogP contribution in [0, 0.1) is 0 Å². The number of rotatable bonds is 4. The molecular weight excluding hydrogens is 305 g/mol. The van der Waals surface area contributed by atoms with Crippen molar-refractivity contribution in [2.75, 3.05) is 0 Å². The van der Waals surface area contributed by atoms with E-state index < -0.39 is 0 Å². The molecule has 0 radical (unpaired) electrons. The molecular formula is C11H11BrClN3O. The number of hydrogen-bond donors (Lipinski definition) is 0. The quantitative estimate of drug-likeness (QED) is 0.859. The lowest BCUT2D eigenvalue weighted by Gasteiger charge is -2.06. The fourth-order valence-electron chi connectivity index (χ4n) is 1.36. The van der Waals surface area contributed by atoms with E-state index in [2.05, 4.69) is 32.9 Å². The van der Waals surface area contributed by atoms with Crippen LogP contribution in [0.15, 0.2) is 29.0 Å². The summed E-state index contributed by atoms with van der Waals surface area (Å²) >= 11 is 9.25. The minimum atomic E-state index is 0.437. The van der Waals surface area contributed by atoms with Gasteiger partial charge in [-0.05, 0) is 34.5 Å². The number of nitrogens with zero attached hydrogens (tertiary/aromatic N) is 3. The SMILES string of the molecule is CCCn1nc(Br)nc1Oc1ccccc1Cl. The van der Waals surface area contributed by atoms with Gasteiger partial charge in [-0.15, -0.1) is 5.10 Å². The van der Waals surface area contributed by atoms with Gasteiger partial charge in [0, 0.05) is 6.54 Å². The molecule has 2 aromatic rings. The van der Waals surface area contributed by atoms with E-state index in [0.717, 1.165) is 13.0 Å². The Morgan fingerprint density at radius 1 is 1.41 bits per heavy atom. The van der Waals surface area contributed by atoms with Crippen LogP contribution in [0.1, 0.15) is 13.3 Å². The molecule has 0 unspecified atom stereocenters. The summed E-state index contributed by atoms with van der Waals surface area (Å²) in [7, 11) is 0. The molecule has 90 valence electrons. The van der Waals surface area contributed by atoms with Crippen molar-refractivity contribution in [1.29, 1.82) is 0 Å². The summed E-state index contributed by atoms with van der Waals surface area (Å²) in [5.74, 6) is 0.575. The molecule has 0 N–H and O–H groups in total. The van der Waals surface area contributed by atoms with E-state index in [1.54, 1.807) is 16.8 Å². The molecule has 0 fully saturated rings. The number of para-hydroxylation sites is 1. The van der Waals surface area contributed by atoms with Crippen molar-refractivity contribution in [3.05, 3.63) is 34.0 Å². The first kappa shape index (κ1) is 12.4. The van der Waals surface area contributed by atoms with Crippen molar-refractivity contribution in [3.8, 4) is 11.8 Å². The van der Waals surface area contributed by atoms with Crippen LogP contribution in [-0.2, 0) is 6.54 Å². The van der Waals surface area contributed by atoms with Gasteiger partial charge in [-0.25, -0.2) is 4.68 Å². The third-order valence-corrected chi connectivity index (χ3v) is 2.73. The van der Waals surface area contributed by atoms with E-state index >= 15 is 0 Å². The molecule has 4 nitrogen and oxygen atoms in total. The summed E-state index contributed by atoms with van der Waals surface area (Å²) in [5, 5.41) is 4.73. The number of ether oxygens (including phenoxy) is 1. The Labute approximate surface area is 113 Å². The molecule has 0 amide bonds. The molecule has 0 saturated carbocycles. The van der Waals surface area contributed by atoms with Crippen molar-refractivity contribution in [2.45, 2.75) is 19.9 Å². The molecule has 0 bridgehead atoms. The number of aromatic nitrogens is 3. The lowest BCUT2D eigenvalue weighted by molar-refractivity contribution is 0.395. The van der Waals surface area contributed by atoms with Crippen LogP contribution >= 0.6 is 27.5 Å². The van der Waals surface area contributed by atoms with Gasteiger partial charge in [0.15, 0.2) is 0 Å². The second-order valence-electron chi connectivity index (χ2n) is 3.42. The zero-order valence-electron chi connectivity index (χ0n) is 9.23. The van der Waals surface area contributed by atoms with E-state index in [1.807, 2.05) is 12.1 Å². The molecule has 17 heavy (non-hydrogen) atoms. The van der Waals surface area contributed by atoms with Gasteiger partial charge in [0.25, 0.3) is 0 Å². The van der Waals surface area contributed by atoms with Crippen molar-refractivity contribution in [3.63, 3.8) is 0 Å².